The number of rotatable bonds is 9. The minimum Gasteiger partial charge on any atom is -0.494 e. The maximum atomic E-state index is 13.8. The highest BCUT2D eigenvalue weighted by Gasteiger charge is 2.35. The molecule has 2 aromatic heterocycles. The minimum atomic E-state index is -4.67. The molecule has 1 N–H and O–H groups in total. The van der Waals surface area contributed by atoms with Gasteiger partial charge >= 0.3 is 6.18 Å². The summed E-state index contributed by atoms with van der Waals surface area (Å²) in [5, 5.41) is 2.96. The molecule has 0 aliphatic carbocycles. The summed E-state index contributed by atoms with van der Waals surface area (Å²) in [4.78, 5) is 14.3. The number of nitrogens with zero attached hydrogens (tertiary/aromatic N) is 5. The summed E-state index contributed by atoms with van der Waals surface area (Å²) >= 11 is 0. The summed E-state index contributed by atoms with van der Waals surface area (Å²) in [5.74, 6) is 0.592. The Labute approximate surface area is 224 Å². The Balaban J connectivity index is 1.60. The number of methoxy groups -OCH3 is 1. The van der Waals surface area contributed by atoms with Crippen molar-refractivity contribution in [3.8, 4) is 5.75 Å². The van der Waals surface area contributed by atoms with Gasteiger partial charge in [0.25, 0.3) is 0 Å². The molecule has 0 saturated carbocycles. The number of aryl methyl sites for hydroxylation is 2. The second-order valence-corrected chi connectivity index (χ2v) is 10.9. The van der Waals surface area contributed by atoms with Crippen molar-refractivity contribution in [1.82, 2.24) is 15.0 Å². The number of pyridine rings is 1. The quantitative estimate of drug-likeness (QED) is 0.415. The van der Waals surface area contributed by atoms with Crippen LogP contribution in [0.25, 0.3) is 0 Å². The fourth-order valence-electron chi connectivity index (χ4n) is 4.15. The van der Waals surface area contributed by atoms with E-state index >= 15 is 0 Å². The van der Waals surface area contributed by atoms with Crippen molar-refractivity contribution >= 4 is 33.2 Å². The van der Waals surface area contributed by atoms with Gasteiger partial charge in [0.2, 0.25) is 16.0 Å². The number of benzene rings is 1. The zero-order valence-corrected chi connectivity index (χ0v) is 22.5. The fraction of sp³-hybridized carbons (Fsp3) is 0.400. The number of hydrogen-bond donors (Lipinski definition) is 1. The first-order valence-corrected chi connectivity index (χ1v) is 13.9. The Morgan fingerprint density at radius 2 is 1.90 bits per heavy atom. The first-order chi connectivity index (χ1) is 18.5. The highest BCUT2D eigenvalue weighted by molar-refractivity contribution is 7.92. The van der Waals surface area contributed by atoms with Crippen LogP contribution in [0.5, 0.6) is 5.75 Å². The Hall–Kier alpha value is -3.65. The summed E-state index contributed by atoms with van der Waals surface area (Å²) in [6.45, 7) is 2.71. The maximum absolute atomic E-state index is 13.8. The highest BCUT2D eigenvalue weighted by Crippen LogP contribution is 2.35. The Morgan fingerprint density at radius 1 is 1.15 bits per heavy atom. The van der Waals surface area contributed by atoms with E-state index in [-0.39, 0.29) is 30.3 Å². The Morgan fingerprint density at radius 3 is 2.56 bits per heavy atom. The second kappa shape index (κ2) is 11.6. The Kier molecular flexibility index (Phi) is 8.45. The van der Waals surface area contributed by atoms with E-state index in [2.05, 4.69) is 25.2 Å². The smallest absolute Gasteiger partial charge is 0.419 e. The molecule has 4 rings (SSSR count). The molecule has 10 nitrogen and oxygen atoms in total. The van der Waals surface area contributed by atoms with Crippen LogP contribution in [0.3, 0.4) is 0 Å². The van der Waals surface area contributed by atoms with Crippen LogP contribution in [0.1, 0.15) is 16.8 Å². The lowest BCUT2D eigenvalue weighted by Gasteiger charge is -2.29. The van der Waals surface area contributed by atoms with Crippen LogP contribution >= 0.6 is 0 Å². The number of sulfonamides is 1. The number of alkyl halides is 3. The van der Waals surface area contributed by atoms with Crippen LogP contribution in [-0.2, 0) is 33.8 Å². The van der Waals surface area contributed by atoms with Gasteiger partial charge in [0.05, 0.1) is 43.5 Å². The van der Waals surface area contributed by atoms with Gasteiger partial charge in [-0.1, -0.05) is 6.07 Å². The summed E-state index contributed by atoms with van der Waals surface area (Å²) in [6, 6.07) is 8.69. The number of nitrogens with one attached hydrogen (secondary N) is 1. The fourth-order valence-corrected chi connectivity index (χ4v) is 4.62. The van der Waals surface area contributed by atoms with Gasteiger partial charge in [0.1, 0.15) is 11.6 Å². The van der Waals surface area contributed by atoms with Gasteiger partial charge in [-0.15, -0.1) is 0 Å². The second-order valence-electron chi connectivity index (χ2n) is 8.88. The number of anilines is 4. The molecule has 3 aromatic rings. The molecule has 0 unspecified atom stereocenters. The first-order valence-electron chi connectivity index (χ1n) is 12.1. The number of ether oxygens (including phenoxy) is 2. The summed E-state index contributed by atoms with van der Waals surface area (Å²) < 4.78 is 77.3. The van der Waals surface area contributed by atoms with E-state index in [9.17, 15) is 21.6 Å². The lowest BCUT2D eigenvalue weighted by molar-refractivity contribution is -0.138. The molecule has 0 radical (unpaired) electrons. The lowest BCUT2D eigenvalue weighted by Crippen LogP contribution is -2.36. The molecule has 3 heterocycles. The van der Waals surface area contributed by atoms with Crippen molar-refractivity contribution in [2.24, 2.45) is 0 Å². The Bertz CT molecular complexity index is 1420. The number of morpholine rings is 1. The molecule has 39 heavy (non-hydrogen) atoms. The van der Waals surface area contributed by atoms with Crippen LogP contribution in [-0.4, -0.2) is 70.1 Å². The minimum absolute atomic E-state index is 0.0323. The molecule has 1 fully saturated rings. The molecule has 0 atom stereocenters. The monoisotopic (exact) mass is 566 g/mol. The van der Waals surface area contributed by atoms with E-state index in [1.165, 1.54) is 20.4 Å². The predicted octanol–water partition coefficient (Wildman–Crippen LogP) is 3.66. The van der Waals surface area contributed by atoms with E-state index in [1.54, 1.807) is 18.2 Å². The van der Waals surface area contributed by atoms with Crippen molar-refractivity contribution in [2.75, 3.05) is 61.2 Å². The van der Waals surface area contributed by atoms with Crippen LogP contribution in [0.4, 0.5) is 36.3 Å². The SMILES string of the molecule is COc1cc(N2CCOCC2)ccc1Nc1ncc(C(F)(F)F)c(CCc2cccnc2N(C)S(C)(=O)=O)n1. The summed E-state index contributed by atoms with van der Waals surface area (Å²) in [6.07, 6.45) is -1.54. The lowest BCUT2D eigenvalue weighted by atomic mass is 10.1. The third-order valence-electron chi connectivity index (χ3n) is 6.28. The average Bonchev–Trinajstić information content (AvgIpc) is 2.91. The molecule has 210 valence electrons. The van der Waals surface area contributed by atoms with Crippen LogP contribution < -0.4 is 19.3 Å². The van der Waals surface area contributed by atoms with Crippen molar-refractivity contribution < 1.29 is 31.1 Å². The number of aromatic nitrogens is 3. The van der Waals surface area contributed by atoms with E-state index in [4.69, 9.17) is 9.47 Å². The van der Waals surface area contributed by atoms with Gasteiger partial charge < -0.3 is 19.7 Å². The van der Waals surface area contributed by atoms with E-state index in [0.29, 0.717) is 30.2 Å². The van der Waals surface area contributed by atoms with Crippen LogP contribution in [0.2, 0.25) is 0 Å². The zero-order chi connectivity index (χ0) is 28.2. The average molecular weight is 567 g/mol. The molecule has 1 aromatic carbocycles. The van der Waals surface area contributed by atoms with Crippen LogP contribution in [0.15, 0.2) is 42.7 Å². The summed E-state index contributed by atoms with van der Waals surface area (Å²) in [5.41, 5.74) is 0.683. The highest BCUT2D eigenvalue weighted by atomic mass is 32.2. The van der Waals surface area contributed by atoms with Crippen molar-refractivity contribution in [1.29, 1.82) is 0 Å². The third kappa shape index (κ3) is 6.87. The van der Waals surface area contributed by atoms with Crippen molar-refractivity contribution in [3.05, 3.63) is 59.5 Å². The summed E-state index contributed by atoms with van der Waals surface area (Å²) in [7, 11) is -0.775. The van der Waals surface area contributed by atoms with E-state index in [0.717, 1.165) is 35.5 Å². The van der Waals surface area contributed by atoms with Gasteiger partial charge in [-0.2, -0.15) is 13.2 Å². The van der Waals surface area contributed by atoms with Gasteiger partial charge in [-0.25, -0.2) is 23.4 Å². The first kappa shape index (κ1) is 28.4. The van der Waals surface area contributed by atoms with E-state index < -0.39 is 21.8 Å². The molecule has 0 amide bonds. The molecular formula is C25H29F3N6O4S. The standard InChI is InChI=1S/C25H29F3N6O4S/c1-33(39(3,35)36)23-17(5-4-10-29-23)6-8-20-19(25(26,27)28)16-30-24(31-20)32-21-9-7-18(15-22(21)37-2)34-11-13-38-14-12-34/h4-5,7,9-10,15-16H,6,8,11-14H2,1-3H3,(H,30,31,32). The molecule has 0 spiro atoms. The third-order valence-corrected chi connectivity index (χ3v) is 7.44. The van der Waals surface area contributed by atoms with E-state index in [1.807, 2.05) is 12.1 Å². The molecule has 14 heteroatoms. The van der Waals surface area contributed by atoms with Gasteiger partial charge in [-0.05, 0) is 36.6 Å². The topological polar surface area (TPSA) is 110 Å². The van der Waals surface area contributed by atoms with Crippen molar-refractivity contribution in [3.63, 3.8) is 0 Å². The van der Waals surface area contributed by atoms with Crippen molar-refractivity contribution in [2.45, 2.75) is 19.0 Å². The largest absolute Gasteiger partial charge is 0.494 e. The number of halogens is 3. The molecule has 0 bridgehead atoms. The number of hydrogen-bond acceptors (Lipinski definition) is 9. The van der Waals surface area contributed by atoms with Gasteiger partial charge in [0, 0.05) is 44.3 Å². The molecule has 1 aliphatic heterocycles. The molecule has 1 aliphatic rings. The molecular weight excluding hydrogens is 537 g/mol. The molecule has 1 saturated heterocycles. The van der Waals surface area contributed by atoms with Crippen LogP contribution in [0, 0.1) is 0 Å². The maximum Gasteiger partial charge on any atom is 0.419 e. The zero-order valence-electron chi connectivity index (χ0n) is 21.7. The van der Waals surface area contributed by atoms with Gasteiger partial charge in [-0.3, -0.25) is 4.31 Å². The van der Waals surface area contributed by atoms with Gasteiger partial charge in [0.15, 0.2) is 0 Å². The predicted molar refractivity (Wildman–Crippen MR) is 141 cm³/mol. The normalized spacial score (nSPS) is 14.3.